The molecule has 0 aliphatic carbocycles. The minimum atomic E-state index is -1.24. The highest BCUT2D eigenvalue weighted by atomic mass is 32.1. The molecular formula is C105H76N6O8S4. The van der Waals surface area contributed by atoms with Crippen LogP contribution in [0.25, 0.3) is 120 Å². The van der Waals surface area contributed by atoms with E-state index in [1.54, 1.807) is 18.2 Å². The number of thiophene rings is 4. The van der Waals surface area contributed by atoms with Crippen LogP contribution < -0.4 is 9.80 Å². The van der Waals surface area contributed by atoms with Gasteiger partial charge in [0.05, 0.1) is 12.3 Å². The first-order valence-electron chi connectivity index (χ1n) is 38.6. The van der Waals surface area contributed by atoms with E-state index < -0.39 is 23.9 Å². The highest BCUT2D eigenvalue weighted by molar-refractivity contribution is 7.17. The topological polar surface area (TPSA) is 231 Å². The van der Waals surface area contributed by atoms with Crippen LogP contribution in [0.2, 0.25) is 0 Å². The van der Waals surface area contributed by atoms with Gasteiger partial charge in [0.15, 0.2) is 0 Å². The number of hydrogen-bond donors (Lipinski definition) is 4. The Balaban J connectivity index is 0.000000212. The third-order valence-corrected chi connectivity index (χ3v) is 24.1. The van der Waals surface area contributed by atoms with Gasteiger partial charge in [0, 0.05) is 67.5 Å². The fraction of sp³-hybridized carbons (Fsp3) is 0.0476. The van der Waals surface area contributed by atoms with E-state index in [-0.39, 0.29) is 22.4 Å². The van der Waals surface area contributed by atoms with Crippen molar-refractivity contribution in [2.75, 3.05) is 9.80 Å². The minimum absolute atomic E-state index is 0.291. The average Bonchev–Trinajstić information content (AvgIpc) is 1.74. The summed E-state index contributed by atoms with van der Waals surface area (Å²) in [7, 11) is 0. The molecule has 0 saturated heterocycles. The lowest BCUT2D eigenvalue weighted by molar-refractivity contribution is -0.133. The number of rotatable bonds is 26. The molecule has 0 unspecified atom stereocenters. The predicted octanol–water partition coefficient (Wildman–Crippen LogP) is 27.8. The number of carboxylic acids is 4. The van der Waals surface area contributed by atoms with Gasteiger partial charge in [0.1, 0.15) is 34.9 Å². The molecule has 14 rings (SSSR count). The molecule has 0 radical (unpaired) electrons. The molecule has 0 fully saturated rings. The number of nitrogens with zero attached hydrogens (tertiary/aromatic N) is 6. The van der Waals surface area contributed by atoms with Crippen LogP contribution in [-0.4, -0.2) is 44.3 Å². The molecule has 0 amide bonds. The zero-order valence-electron chi connectivity index (χ0n) is 67.1. The summed E-state index contributed by atoms with van der Waals surface area (Å²) >= 11 is 5.75. The number of aryl methyl sites for hydroxylation is 5. The zero-order valence-corrected chi connectivity index (χ0v) is 70.4. The molecule has 0 saturated carbocycles. The number of benzene rings is 10. The van der Waals surface area contributed by atoms with Crippen LogP contribution in [0.5, 0.6) is 0 Å². The van der Waals surface area contributed by atoms with Gasteiger partial charge >= 0.3 is 23.9 Å². The van der Waals surface area contributed by atoms with Gasteiger partial charge in [-0.1, -0.05) is 230 Å². The van der Waals surface area contributed by atoms with Crippen LogP contribution in [0.15, 0.2) is 295 Å². The van der Waals surface area contributed by atoms with Crippen LogP contribution in [0.4, 0.5) is 34.1 Å². The van der Waals surface area contributed by atoms with Crippen LogP contribution in [0.1, 0.15) is 91.8 Å². The maximum Gasteiger partial charge on any atom is 0.346 e. The van der Waals surface area contributed by atoms with Gasteiger partial charge in [-0.25, -0.2) is 19.2 Å². The Kier molecular flexibility index (Phi) is 27.5. The Morgan fingerprint density at radius 3 is 0.805 bits per heavy atom. The van der Waals surface area contributed by atoms with Gasteiger partial charge in [-0.05, 0) is 246 Å². The quantitative estimate of drug-likeness (QED) is 0.0171. The molecule has 4 N–H and O–H groups in total. The fourth-order valence-electron chi connectivity index (χ4n) is 13.6. The van der Waals surface area contributed by atoms with Gasteiger partial charge in [-0.15, -0.1) is 45.3 Å². The normalized spacial score (nSPS) is 11.7. The van der Waals surface area contributed by atoms with Crippen molar-refractivity contribution in [1.29, 1.82) is 15.8 Å². The van der Waals surface area contributed by atoms with Crippen molar-refractivity contribution < 1.29 is 39.6 Å². The van der Waals surface area contributed by atoms with Gasteiger partial charge in [0.25, 0.3) is 5.70 Å². The van der Waals surface area contributed by atoms with Gasteiger partial charge in [-0.2, -0.15) is 15.8 Å². The predicted molar refractivity (Wildman–Crippen MR) is 507 cm³/mol. The molecule has 0 aliphatic heterocycles. The van der Waals surface area contributed by atoms with E-state index in [2.05, 4.69) is 262 Å². The molecule has 14 nitrogen and oxygen atoms in total. The smallest absolute Gasteiger partial charge is 0.346 e. The van der Waals surface area contributed by atoms with E-state index in [9.17, 15) is 34.5 Å². The number of hydrogen-bond acceptors (Lipinski definition) is 13. The molecule has 0 bridgehead atoms. The van der Waals surface area contributed by atoms with E-state index in [0.717, 1.165) is 125 Å². The molecule has 14 aromatic rings. The molecule has 18 heteroatoms. The third-order valence-electron chi connectivity index (χ3n) is 19.7. The maximum absolute atomic E-state index is 11.2. The van der Waals surface area contributed by atoms with Gasteiger partial charge < -0.3 is 30.2 Å². The highest BCUT2D eigenvalue weighted by Crippen LogP contribution is 2.42. The third kappa shape index (κ3) is 22.0. The lowest BCUT2D eigenvalue weighted by atomic mass is 10.0. The Hall–Kier alpha value is -15.6. The summed E-state index contributed by atoms with van der Waals surface area (Å²) < 4.78 is 0. The van der Waals surface area contributed by atoms with Gasteiger partial charge in [0.2, 0.25) is 0 Å². The van der Waals surface area contributed by atoms with E-state index in [1.165, 1.54) is 97.5 Å². The first-order valence-corrected chi connectivity index (χ1v) is 41.9. The first kappa shape index (κ1) is 85.2. The van der Waals surface area contributed by atoms with Crippen LogP contribution in [-0.2, 0) is 19.2 Å². The number of nitriles is 3. The minimum Gasteiger partial charge on any atom is -0.486 e. The molecule has 4 heterocycles. The second-order valence-electron chi connectivity index (χ2n) is 28.6. The van der Waals surface area contributed by atoms with Crippen LogP contribution >= 0.6 is 45.3 Å². The molecule has 4 aromatic heterocycles. The summed E-state index contributed by atoms with van der Waals surface area (Å²) in [5.41, 5.74) is 23.7. The van der Waals surface area contributed by atoms with Crippen molar-refractivity contribution in [1.82, 2.24) is 0 Å². The Labute approximate surface area is 729 Å². The molecule has 598 valence electrons. The van der Waals surface area contributed by atoms with Crippen molar-refractivity contribution in [2.45, 2.75) is 34.6 Å². The Morgan fingerprint density at radius 1 is 0.309 bits per heavy atom. The standard InChI is InChI=1S/C53H39N3O4S2.C52H37N3O4S2/c1-34-28-35(2)51(36(3)29-34)56(45-20-12-39(13-21-45)6-4-37-8-16-41(17-9-37)49-26-24-47(61-49)30-43(32-54)52(57)58)46-22-14-40(15-23-46)7-5-38-10-18-42(19-11-38)50-27-25-48(62-50)31-44(33-55)53(59)60;1-34-4-27-48(35(2)30-34)55(43-21-13-38(14-22-43)7-5-36-9-17-40(18-10-36)49-28-25-45(60-49)31-42(33-53)51(56)57)44-23-15-39(16-24-44)8-6-37-11-19-41(20-12-37)50-29-26-46(61-50)32-47(54-3)52(58)59/h4-31H,1-3H3,(H,57,58)(H,59,60);4-32H,1-2H3,(H,56,57)(H,58,59)/b6-4+,7-5+,43-30-,44-31-;7-5+,8-6+,42-31-,47-32-. The lowest BCUT2D eigenvalue weighted by Crippen LogP contribution is -2.13. The van der Waals surface area contributed by atoms with Crippen LogP contribution in [0, 0.1) is 75.2 Å². The molecular weight excluding hydrogens is 1600 g/mol. The van der Waals surface area contributed by atoms with Crippen molar-refractivity contribution in [3.8, 4) is 60.0 Å². The summed E-state index contributed by atoms with van der Waals surface area (Å²) in [6.45, 7) is 17.8. The van der Waals surface area contributed by atoms with Crippen LogP contribution in [0.3, 0.4) is 0 Å². The molecule has 123 heavy (non-hydrogen) atoms. The summed E-state index contributed by atoms with van der Waals surface area (Å²) in [6.07, 6.45) is 22.3. The SMILES string of the molecule is Cc1cc(C)c(N(c2ccc(/C=C/c3ccc(-c4ccc(/C=C(/C#N)C(=O)O)s4)cc3)cc2)c2ccc(/C=C/c3ccc(-c4ccc(/C=C(/C#N)C(=O)O)s4)cc3)cc2)c(C)c1.[C-]#[N+]/C(=C\c1ccc(-c2ccc(/C=C/c3ccc(N(c4ccc(/C=C/c5ccc(-c6ccc(/C=C(/C#N)C(=O)O)s6)cc5)cc4)c4ccc(C)cc4C)cc3)cc2)s1)C(=O)O. The van der Waals surface area contributed by atoms with E-state index >= 15 is 0 Å². The van der Waals surface area contributed by atoms with E-state index in [1.807, 2.05) is 109 Å². The summed E-state index contributed by atoms with van der Waals surface area (Å²) in [5, 5.41) is 63.9. The number of aliphatic carboxylic acids is 4. The Morgan fingerprint density at radius 2 is 0.561 bits per heavy atom. The van der Waals surface area contributed by atoms with Gasteiger partial charge in [-0.3, -0.25) is 4.79 Å². The van der Waals surface area contributed by atoms with E-state index in [0.29, 0.717) is 14.6 Å². The number of anilines is 6. The second kappa shape index (κ2) is 39.7. The van der Waals surface area contributed by atoms with Crippen molar-refractivity contribution in [3.05, 3.63) is 399 Å². The molecule has 0 atom stereocenters. The van der Waals surface area contributed by atoms with Crippen molar-refractivity contribution >= 4 is 176 Å². The monoisotopic (exact) mass is 1680 g/mol. The average molecular weight is 1680 g/mol. The summed E-state index contributed by atoms with van der Waals surface area (Å²) in [4.78, 5) is 59.4. The molecule has 10 aromatic carbocycles. The number of carbonyl (C=O) groups is 4. The largest absolute Gasteiger partial charge is 0.486 e. The Bertz CT molecular complexity index is 6370. The number of carboxylic acid groups (broad SMARTS) is 4. The molecule has 0 aliphatic rings. The summed E-state index contributed by atoms with van der Waals surface area (Å²) in [6, 6.07) is 98.0. The highest BCUT2D eigenvalue weighted by Gasteiger charge is 2.21. The van der Waals surface area contributed by atoms with Crippen molar-refractivity contribution in [3.63, 3.8) is 0 Å². The first-order chi connectivity index (χ1) is 59.5. The van der Waals surface area contributed by atoms with E-state index in [4.69, 9.17) is 27.5 Å². The zero-order chi connectivity index (χ0) is 86.6. The second-order valence-corrected chi connectivity index (χ2v) is 33.0. The maximum atomic E-state index is 11.2. The van der Waals surface area contributed by atoms with Crippen molar-refractivity contribution in [2.24, 2.45) is 0 Å². The molecule has 0 spiro atoms. The summed E-state index contributed by atoms with van der Waals surface area (Å²) in [5.74, 6) is -4.94. The lowest BCUT2D eigenvalue weighted by Gasteiger charge is -2.29. The fourth-order valence-corrected chi connectivity index (χ4v) is 17.4.